The van der Waals surface area contributed by atoms with Crippen molar-refractivity contribution in [2.75, 3.05) is 38.7 Å². The van der Waals surface area contributed by atoms with Gasteiger partial charge < -0.3 is 20.5 Å². The van der Waals surface area contributed by atoms with Crippen LogP contribution in [-0.4, -0.2) is 51.2 Å². The monoisotopic (exact) mass is 353 g/mol. The van der Waals surface area contributed by atoms with E-state index in [1.165, 1.54) is 7.11 Å². The summed E-state index contributed by atoms with van der Waals surface area (Å²) in [4.78, 5) is 35.8. The number of methoxy groups -OCH3 is 1. The number of carbonyl (C=O) groups excluding carboxylic acids is 3. The molecule has 0 aliphatic heterocycles. The Morgan fingerprint density at radius 2 is 2.04 bits per heavy atom. The van der Waals surface area contributed by atoms with Gasteiger partial charge in [0.25, 0.3) is 5.91 Å². The van der Waals surface area contributed by atoms with Crippen molar-refractivity contribution in [3.05, 3.63) is 16.0 Å². The third-order valence-electron chi connectivity index (χ3n) is 2.86. The molecule has 0 saturated carbocycles. The number of amides is 2. The van der Waals surface area contributed by atoms with E-state index in [9.17, 15) is 14.4 Å². The van der Waals surface area contributed by atoms with Crippen molar-refractivity contribution in [3.63, 3.8) is 0 Å². The van der Waals surface area contributed by atoms with Crippen LogP contribution in [0.2, 0.25) is 0 Å². The Balaban J connectivity index is 2.98. The molecule has 0 atom stereocenters. The molecule has 0 aromatic carbocycles. The van der Waals surface area contributed by atoms with Crippen molar-refractivity contribution in [2.45, 2.75) is 6.92 Å². The number of rotatable bonds is 9. The van der Waals surface area contributed by atoms with Crippen molar-refractivity contribution in [1.29, 1.82) is 0 Å². The van der Waals surface area contributed by atoms with Gasteiger partial charge >= 0.3 is 5.97 Å². The summed E-state index contributed by atoms with van der Waals surface area (Å²) in [7, 11) is 1.48. The van der Waals surface area contributed by atoms with Gasteiger partial charge in [0.2, 0.25) is 5.91 Å². The Bertz CT molecular complexity index is 663. The molecular weight excluding hydrogens is 334 g/mol. The number of hydrogen-bond donors (Lipinski definition) is 3. The molecule has 0 bridgehead atoms. The lowest BCUT2D eigenvalue weighted by Gasteiger charge is -2.08. The number of carbonyl (C=O) groups is 3. The summed E-state index contributed by atoms with van der Waals surface area (Å²) in [6.07, 6.45) is 5.08. The number of anilines is 1. The predicted octanol–water partition coefficient (Wildman–Crippen LogP) is 0.120. The largest absolute Gasteiger partial charge is 0.460 e. The first-order chi connectivity index (χ1) is 11.4. The van der Waals surface area contributed by atoms with E-state index in [-0.39, 0.29) is 41.7 Å². The van der Waals surface area contributed by atoms with E-state index >= 15 is 0 Å². The molecule has 1 aromatic rings. The molecule has 8 nitrogen and oxygen atoms in total. The van der Waals surface area contributed by atoms with E-state index < -0.39 is 17.8 Å². The van der Waals surface area contributed by atoms with Crippen molar-refractivity contribution >= 4 is 34.1 Å². The number of hydrogen-bond acceptors (Lipinski definition) is 7. The minimum Gasteiger partial charge on any atom is -0.460 e. The number of primary amides is 1. The number of terminal acetylenes is 1. The second-order valence-electron chi connectivity index (χ2n) is 4.61. The van der Waals surface area contributed by atoms with Crippen LogP contribution < -0.4 is 16.4 Å². The van der Waals surface area contributed by atoms with Crippen LogP contribution in [0.25, 0.3) is 0 Å². The first-order valence-corrected chi connectivity index (χ1v) is 7.77. The standard InChI is InChI=1S/C15H19N3O5S/c1-4-5-17-8-10(19)18-14-11(15(21)23-7-6-22-3)9(2)12(24-14)13(16)20/h1,17H,5-8H2,2-3H3,(H2,16,20)(H,18,19). The highest BCUT2D eigenvalue weighted by atomic mass is 32.1. The molecule has 4 N–H and O–H groups in total. The zero-order valence-corrected chi connectivity index (χ0v) is 14.2. The van der Waals surface area contributed by atoms with Gasteiger partial charge in [-0.05, 0) is 12.5 Å². The maximum absolute atomic E-state index is 12.2. The molecule has 2 amide bonds. The molecule has 0 spiro atoms. The zero-order valence-electron chi connectivity index (χ0n) is 13.4. The van der Waals surface area contributed by atoms with E-state index in [1.807, 2.05) is 0 Å². The molecule has 0 radical (unpaired) electrons. The number of esters is 1. The molecule has 0 aliphatic carbocycles. The number of ether oxygens (including phenoxy) is 2. The maximum Gasteiger partial charge on any atom is 0.341 e. The SMILES string of the molecule is C#CCNCC(=O)Nc1sc(C(N)=O)c(C)c1C(=O)OCCOC. The molecule has 1 heterocycles. The topological polar surface area (TPSA) is 120 Å². The van der Waals surface area contributed by atoms with E-state index in [0.29, 0.717) is 5.56 Å². The number of thiophene rings is 1. The third kappa shape index (κ3) is 5.34. The normalized spacial score (nSPS) is 10.0. The van der Waals surface area contributed by atoms with E-state index in [2.05, 4.69) is 16.6 Å². The number of nitrogens with two attached hydrogens (primary N) is 1. The fourth-order valence-corrected chi connectivity index (χ4v) is 2.85. The first-order valence-electron chi connectivity index (χ1n) is 6.95. The lowest BCUT2D eigenvalue weighted by Crippen LogP contribution is -2.28. The highest BCUT2D eigenvalue weighted by Gasteiger charge is 2.25. The van der Waals surface area contributed by atoms with Crippen LogP contribution >= 0.6 is 11.3 Å². The summed E-state index contributed by atoms with van der Waals surface area (Å²) in [5.41, 5.74) is 5.77. The van der Waals surface area contributed by atoms with Gasteiger partial charge in [-0.2, -0.15) is 0 Å². The Morgan fingerprint density at radius 3 is 2.62 bits per heavy atom. The van der Waals surface area contributed by atoms with Crippen LogP contribution in [0.4, 0.5) is 5.00 Å². The van der Waals surface area contributed by atoms with Crippen molar-refractivity contribution in [1.82, 2.24) is 5.32 Å². The van der Waals surface area contributed by atoms with Crippen LogP contribution in [-0.2, 0) is 14.3 Å². The Kier molecular flexibility index (Phi) is 7.91. The van der Waals surface area contributed by atoms with Crippen molar-refractivity contribution in [3.8, 4) is 12.3 Å². The maximum atomic E-state index is 12.2. The molecule has 1 rings (SSSR count). The highest BCUT2D eigenvalue weighted by Crippen LogP contribution is 2.33. The van der Waals surface area contributed by atoms with Gasteiger partial charge in [0.15, 0.2) is 0 Å². The molecule has 1 aromatic heterocycles. The Hall–Kier alpha value is -2.41. The van der Waals surface area contributed by atoms with Crippen molar-refractivity contribution < 1.29 is 23.9 Å². The highest BCUT2D eigenvalue weighted by molar-refractivity contribution is 7.18. The molecule has 0 saturated heterocycles. The molecule has 0 fully saturated rings. The van der Waals surface area contributed by atoms with Gasteiger partial charge in [0.1, 0.15) is 11.6 Å². The fourth-order valence-electron chi connectivity index (χ4n) is 1.79. The molecule has 0 aliphatic rings. The Morgan fingerprint density at radius 1 is 1.33 bits per heavy atom. The van der Waals surface area contributed by atoms with E-state index in [4.69, 9.17) is 21.6 Å². The lowest BCUT2D eigenvalue weighted by atomic mass is 10.1. The summed E-state index contributed by atoms with van der Waals surface area (Å²) < 4.78 is 9.87. The predicted molar refractivity (Wildman–Crippen MR) is 90.1 cm³/mol. The summed E-state index contributed by atoms with van der Waals surface area (Å²) in [5, 5.41) is 5.49. The van der Waals surface area contributed by atoms with Crippen LogP contribution in [0, 0.1) is 19.3 Å². The second-order valence-corrected chi connectivity index (χ2v) is 5.63. The van der Waals surface area contributed by atoms with Gasteiger partial charge in [-0.25, -0.2) is 4.79 Å². The molecule has 0 unspecified atom stereocenters. The minimum absolute atomic E-state index is 0.0365. The zero-order chi connectivity index (χ0) is 18.1. The quantitative estimate of drug-likeness (QED) is 0.329. The smallest absolute Gasteiger partial charge is 0.341 e. The number of nitrogens with one attached hydrogen (secondary N) is 2. The van der Waals surface area contributed by atoms with E-state index in [0.717, 1.165) is 11.3 Å². The molecular formula is C15H19N3O5S. The van der Waals surface area contributed by atoms with Gasteiger partial charge in [0, 0.05) is 7.11 Å². The van der Waals surface area contributed by atoms with Crippen LogP contribution in [0.3, 0.4) is 0 Å². The summed E-state index contributed by atoms with van der Waals surface area (Å²) in [6, 6.07) is 0. The molecule has 9 heteroatoms. The van der Waals surface area contributed by atoms with Gasteiger partial charge in [-0.3, -0.25) is 14.9 Å². The third-order valence-corrected chi connectivity index (χ3v) is 4.08. The van der Waals surface area contributed by atoms with Crippen LogP contribution in [0.1, 0.15) is 25.6 Å². The Labute approximate surface area is 143 Å². The van der Waals surface area contributed by atoms with Gasteiger partial charge in [-0.1, -0.05) is 5.92 Å². The lowest BCUT2D eigenvalue weighted by molar-refractivity contribution is -0.115. The summed E-state index contributed by atoms with van der Waals surface area (Å²) >= 11 is 0.923. The van der Waals surface area contributed by atoms with E-state index in [1.54, 1.807) is 6.92 Å². The minimum atomic E-state index is -0.686. The van der Waals surface area contributed by atoms with Gasteiger partial charge in [-0.15, -0.1) is 17.8 Å². The molecule has 130 valence electrons. The average molecular weight is 353 g/mol. The van der Waals surface area contributed by atoms with Crippen LogP contribution in [0.15, 0.2) is 0 Å². The van der Waals surface area contributed by atoms with Gasteiger partial charge in [0.05, 0.1) is 30.1 Å². The first kappa shape index (κ1) is 19.6. The fraction of sp³-hybridized carbons (Fsp3) is 0.400. The summed E-state index contributed by atoms with van der Waals surface area (Å²) in [6.45, 7) is 2.04. The summed E-state index contributed by atoms with van der Waals surface area (Å²) in [5.74, 6) is 0.577. The second kappa shape index (κ2) is 9.67. The molecule has 24 heavy (non-hydrogen) atoms. The average Bonchev–Trinajstić information content (AvgIpc) is 2.84. The van der Waals surface area contributed by atoms with Crippen molar-refractivity contribution in [2.24, 2.45) is 5.73 Å². The van der Waals surface area contributed by atoms with Crippen LogP contribution in [0.5, 0.6) is 0 Å².